The number of ketones is 1. The fourth-order valence-corrected chi connectivity index (χ4v) is 4.27. The van der Waals surface area contributed by atoms with Crippen LogP contribution in [-0.4, -0.2) is 37.4 Å². The number of hydrogen-bond donors (Lipinski definition) is 0. The molecule has 6 heteroatoms. The lowest BCUT2D eigenvalue weighted by molar-refractivity contribution is 0.0839. The van der Waals surface area contributed by atoms with Crippen molar-refractivity contribution in [2.75, 3.05) is 26.7 Å². The number of nitrogens with zero attached hydrogens (tertiary/aromatic N) is 1. The molecule has 4 rings (SSSR count). The zero-order chi connectivity index (χ0) is 21.8. The summed E-state index contributed by atoms with van der Waals surface area (Å²) in [6.07, 6.45) is 4.63. The third-order valence-electron chi connectivity index (χ3n) is 6.06. The highest BCUT2D eigenvalue weighted by molar-refractivity contribution is 5.97. The lowest BCUT2D eigenvalue weighted by Crippen LogP contribution is -2.37. The number of ether oxygens (including phenoxy) is 1. The van der Waals surface area contributed by atoms with Crippen molar-refractivity contribution in [3.05, 3.63) is 75.9 Å². The number of rotatable bonds is 7. The molecule has 0 spiro atoms. The number of aryl methyl sites for hydroxylation is 1. The molecule has 0 atom stereocenters. The Morgan fingerprint density at radius 1 is 1.16 bits per heavy atom. The second-order valence-electron chi connectivity index (χ2n) is 8.02. The molecule has 31 heavy (non-hydrogen) atoms. The van der Waals surface area contributed by atoms with Crippen molar-refractivity contribution >= 4 is 16.8 Å². The van der Waals surface area contributed by atoms with Crippen molar-refractivity contribution in [1.82, 2.24) is 4.90 Å². The molecule has 1 aliphatic heterocycles. The highest BCUT2D eigenvalue weighted by atomic mass is 19.1. The molecule has 2 heterocycles. The third kappa shape index (κ3) is 4.69. The second kappa shape index (κ2) is 9.43. The first-order valence-electron chi connectivity index (χ1n) is 10.7. The van der Waals surface area contributed by atoms with E-state index in [-0.39, 0.29) is 22.9 Å². The van der Waals surface area contributed by atoms with E-state index in [0.717, 1.165) is 38.9 Å². The van der Waals surface area contributed by atoms with E-state index in [1.807, 2.05) is 0 Å². The Bertz CT molecular complexity index is 1110. The molecule has 1 fully saturated rings. The van der Waals surface area contributed by atoms with Gasteiger partial charge in [0.25, 0.3) is 0 Å². The maximum Gasteiger partial charge on any atom is 0.195 e. The normalized spacial score (nSPS) is 15.3. The number of benzene rings is 2. The Hall–Kier alpha value is -2.99. The number of Topliss-reactive ketones (excluding diaryl/α,β-unsaturated/α-hetero) is 1. The minimum absolute atomic E-state index is 0.00998. The molecule has 0 saturated carbocycles. The highest BCUT2D eigenvalue weighted by Gasteiger charge is 2.25. The topological polar surface area (TPSA) is 59.8 Å². The van der Waals surface area contributed by atoms with Gasteiger partial charge in [0.15, 0.2) is 22.5 Å². The summed E-state index contributed by atoms with van der Waals surface area (Å²) < 4.78 is 24.0. The van der Waals surface area contributed by atoms with Crippen LogP contribution in [0.3, 0.4) is 0 Å². The van der Waals surface area contributed by atoms with Gasteiger partial charge in [0.2, 0.25) is 0 Å². The summed E-state index contributed by atoms with van der Waals surface area (Å²) in [7, 11) is 1.55. The molecule has 0 amide bonds. The summed E-state index contributed by atoms with van der Waals surface area (Å²) in [6.45, 7) is 2.56. The number of fused-ring (bicyclic) bond motifs is 1. The molecule has 1 aliphatic rings. The summed E-state index contributed by atoms with van der Waals surface area (Å²) in [5.41, 5.74) is 1.72. The van der Waals surface area contributed by atoms with Crippen LogP contribution in [0.1, 0.15) is 35.2 Å². The molecular weight excluding hydrogens is 397 g/mol. The van der Waals surface area contributed by atoms with Crippen LogP contribution < -0.4 is 10.2 Å². The standard InChI is InChI=1S/C25H26FNO4/c1-30-22-6-2-5-21-24(29)19(16-31-25(21)22)4-3-13-27-14-11-18(12-15-27)23(28)17-7-9-20(26)10-8-17/h2,5-10,16,18H,3-4,11-15H2,1H3. The first kappa shape index (κ1) is 21.2. The minimum Gasteiger partial charge on any atom is -0.493 e. The molecule has 0 N–H and O–H groups in total. The van der Waals surface area contributed by atoms with E-state index in [1.54, 1.807) is 43.7 Å². The molecule has 5 nitrogen and oxygen atoms in total. The smallest absolute Gasteiger partial charge is 0.195 e. The minimum atomic E-state index is -0.328. The molecule has 0 unspecified atom stereocenters. The van der Waals surface area contributed by atoms with E-state index < -0.39 is 0 Å². The zero-order valence-electron chi connectivity index (χ0n) is 17.6. The average molecular weight is 423 g/mol. The number of para-hydroxylation sites is 1. The number of likely N-dealkylation sites (tertiary alicyclic amines) is 1. The number of piperidine rings is 1. The molecule has 2 aromatic carbocycles. The molecule has 0 bridgehead atoms. The fourth-order valence-electron chi connectivity index (χ4n) is 4.27. The Balaban J connectivity index is 1.29. The molecule has 162 valence electrons. The predicted molar refractivity (Wildman–Crippen MR) is 117 cm³/mol. The van der Waals surface area contributed by atoms with Crippen molar-refractivity contribution in [3.8, 4) is 5.75 Å². The summed E-state index contributed by atoms with van der Waals surface area (Å²) >= 11 is 0. The van der Waals surface area contributed by atoms with Gasteiger partial charge in [0.05, 0.1) is 18.8 Å². The van der Waals surface area contributed by atoms with Gasteiger partial charge in [-0.1, -0.05) is 6.07 Å². The van der Waals surface area contributed by atoms with Gasteiger partial charge in [0.1, 0.15) is 5.82 Å². The van der Waals surface area contributed by atoms with Crippen LogP contribution in [0, 0.1) is 11.7 Å². The molecule has 3 aromatic rings. The van der Waals surface area contributed by atoms with Crippen LogP contribution in [0.4, 0.5) is 4.39 Å². The van der Waals surface area contributed by atoms with E-state index >= 15 is 0 Å². The van der Waals surface area contributed by atoms with Gasteiger partial charge in [-0.05, 0) is 81.7 Å². The largest absolute Gasteiger partial charge is 0.493 e. The lowest BCUT2D eigenvalue weighted by Gasteiger charge is -2.31. The maximum atomic E-state index is 13.1. The van der Waals surface area contributed by atoms with Gasteiger partial charge in [-0.25, -0.2) is 4.39 Å². The van der Waals surface area contributed by atoms with Crippen LogP contribution in [0.2, 0.25) is 0 Å². The van der Waals surface area contributed by atoms with Crippen LogP contribution >= 0.6 is 0 Å². The quantitative estimate of drug-likeness (QED) is 0.525. The first-order chi connectivity index (χ1) is 15.1. The Morgan fingerprint density at radius 3 is 2.61 bits per heavy atom. The molecular formula is C25H26FNO4. The number of hydrogen-bond acceptors (Lipinski definition) is 5. The fraction of sp³-hybridized carbons (Fsp3) is 0.360. The van der Waals surface area contributed by atoms with Gasteiger partial charge >= 0.3 is 0 Å². The Kier molecular flexibility index (Phi) is 6.47. The van der Waals surface area contributed by atoms with Gasteiger partial charge < -0.3 is 14.1 Å². The summed E-state index contributed by atoms with van der Waals surface area (Å²) in [5, 5.41) is 0.539. The van der Waals surface area contributed by atoms with Crippen LogP contribution in [0.15, 0.2) is 57.9 Å². The highest BCUT2D eigenvalue weighted by Crippen LogP contribution is 2.24. The number of halogens is 1. The third-order valence-corrected chi connectivity index (χ3v) is 6.06. The summed E-state index contributed by atoms with van der Waals surface area (Å²) in [4.78, 5) is 27.7. The Labute approximate surface area is 180 Å². The van der Waals surface area contributed by atoms with E-state index in [1.165, 1.54) is 12.1 Å². The van der Waals surface area contributed by atoms with Gasteiger partial charge in [-0.2, -0.15) is 0 Å². The van der Waals surface area contributed by atoms with E-state index in [4.69, 9.17) is 9.15 Å². The number of carbonyl (C=O) groups excluding carboxylic acids is 1. The first-order valence-corrected chi connectivity index (χ1v) is 10.7. The number of methoxy groups -OCH3 is 1. The van der Waals surface area contributed by atoms with Gasteiger partial charge in [0, 0.05) is 17.0 Å². The molecule has 0 aliphatic carbocycles. The van der Waals surface area contributed by atoms with Crippen LogP contribution in [0.25, 0.3) is 11.0 Å². The van der Waals surface area contributed by atoms with Crippen molar-refractivity contribution < 1.29 is 18.3 Å². The monoisotopic (exact) mass is 423 g/mol. The van der Waals surface area contributed by atoms with Gasteiger partial charge in [-0.3, -0.25) is 9.59 Å². The SMILES string of the molecule is COc1cccc2c(=O)c(CCCN3CCC(C(=O)c4ccc(F)cc4)CC3)coc12. The van der Waals surface area contributed by atoms with Crippen molar-refractivity contribution in [2.45, 2.75) is 25.7 Å². The summed E-state index contributed by atoms with van der Waals surface area (Å²) in [5.74, 6) is 0.318. The van der Waals surface area contributed by atoms with Gasteiger partial charge in [-0.15, -0.1) is 0 Å². The predicted octanol–water partition coefficient (Wildman–Crippen LogP) is 4.47. The summed E-state index contributed by atoms with van der Waals surface area (Å²) in [6, 6.07) is 11.1. The average Bonchev–Trinajstić information content (AvgIpc) is 2.81. The molecule has 0 radical (unpaired) electrons. The second-order valence-corrected chi connectivity index (χ2v) is 8.02. The number of carbonyl (C=O) groups is 1. The van der Waals surface area contributed by atoms with E-state index in [2.05, 4.69) is 4.90 Å². The van der Waals surface area contributed by atoms with E-state index in [9.17, 15) is 14.0 Å². The van der Waals surface area contributed by atoms with Crippen LogP contribution in [0.5, 0.6) is 5.75 Å². The zero-order valence-corrected chi connectivity index (χ0v) is 17.6. The lowest BCUT2D eigenvalue weighted by atomic mass is 9.89. The van der Waals surface area contributed by atoms with Crippen molar-refractivity contribution in [1.29, 1.82) is 0 Å². The van der Waals surface area contributed by atoms with E-state index in [0.29, 0.717) is 34.3 Å². The van der Waals surface area contributed by atoms with Crippen LogP contribution in [-0.2, 0) is 6.42 Å². The maximum absolute atomic E-state index is 13.1. The van der Waals surface area contributed by atoms with Crippen molar-refractivity contribution in [2.24, 2.45) is 5.92 Å². The Morgan fingerprint density at radius 2 is 1.90 bits per heavy atom. The van der Waals surface area contributed by atoms with Crippen molar-refractivity contribution in [3.63, 3.8) is 0 Å². The molecule has 1 saturated heterocycles. The molecule has 1 aromatic heterocycles.